The van der Waals surface area contributed by atoms with Gasteiger partial charge in [-0.1, -0.05) is 22.9 Å². The van der Waals surface area contributed by atoms with Gasteiger partial charge >= 0.3 is 5.91 Å². The van der Waals surface area contributed by atoms with Crippen LogP contribution in [0.4, 0.5) is 9.52 Å². The minimum atomic E-state index is -0.976. The summed E-state index contributed by atoms with van der Waals surface area (Å²) in [5.74, 6) is -2.00. The van der Waals surface area contributed by atoms with E-state index in [-0.39, 0.29) is 21.5 Å². The van der Waals surface area contributed by atoms with Gasteiger partial charge in [0.25, 0.3) is 5.78 Å². The maximum Gasteiger partial charge on any atom is 0.301 e. The van der Waals surface area contributed by atoms with Crippen molar-refractivity contribution in [3.8, 4) is 5.75 Å². The number of hydrogen-bond acceptors (Lipinski definition) is 7. The van der Waals surface area contributed by atoms with Crippen LogP contribution in [-0.4, -0.2) is 33.9 Å². The van der Waals surface area contributed by atoms with Crippen LogP contribution < -0.4 is 9.64 Å². The van der Waals surface area contributed by atoms with Crippen LogP contribution in [-0.2, 0) is 9.59 Å². The van der Waals surface area contributed by atoms with Crippen molar-refractivity contribution in [3.05, 3.63) is 87.5 Å². The number of anilines is 1. The summed E-state index contributed by atoms with van der Waals surface area (Å²) in [5.41, 5.74) is 2.69. The summed E-state index contributed by atoms with van der Waals surface area (Å²) in [7, 11) is 1.55. The number of amides is 1. The van der Waals surface area contributed by atoms with E-state index in [1.807, 2.05) is 6.92 Å². The minimum absolute atomic E-state index is 0.0812. The number of aromatic nitrogens is 2. The molecule has 0 radical (unpaired) electrons. The number of nitrogens with zero attached hydrogens (tertiary/aromatic N) is 3. The molecule has 1 aliphatic rings. The van der Waals surface area contributed by atoms with E-state index in [9.17, 15) is 19.1 Å². The summed E-state index contributed by atoms with van der Waals surface area (Å²) in [6.45, 7) is 3.60. The molecule has 1 saturated heterocycles. The predicted octanol–water partition coefficient (Wildman–Crippen LogP) is 5.74. The number of fused-ring (bicyclic) bond motifs is 1. The second kappa shape index (κ2) is 9.00. The fraction of sp³-hybridized carbons (Fsp3) is 0.154. The minimum Gasteiger partial charge on any atom is -0.507 e. The van der Waals surface area contributed by atoms with Crippen molar-refractivity contribution in [2.45, 2.75) is 19.9 Å². The van der Waals surface area contributed by atoms with Gasteiger partial charge in [-0.3, -0.25) is 19.5 Å². The van der Waals surface area contributed by atoms with E-state index >= 15 is 0 Å². The normalized spacial score (nSPS) is 17.2. The molecule has 1 unspecified atom stereocenters. The highest BCUT2D eigenvalue weighted by atomic mass is 35.5. The molecule has 1 fully saturated rings. The Morgan fingerprint density at radius 2 is 1.86 bits per heavy atom. The Morgan fingerprint density at radius 1 is 1.14 bits per heavy atom. The van der Waals surface area contributed by atoms with Gasteiger partial charge in [-0.05, 0) is 66.9 Å². The monoisotopic (exact) mass is 523 g/mol. The summed E-state index contributed by atoms with van der Waals surface area (Å²) in [6.07, 6.45) is 3.07. The van der Waals surface area contributed by atoms with E-state index in [0.717, 1.165) is 16.9 Å². The van der Waals surface area contributed by atoms with Crippen molar-refractivity contribution in [1.29, 1.82) is 0 Å². The van der Waals surface area contributed by atoms with Crippen LogP contribution in [0.1, 0.15) is 28.3 Å². The molecule has 2 aromatic heterocycles. The fourth-order valence-electron chi connectivity index (χ4n) is 4.32. The Balaban J connectivity index is 1.74. The first-order valence-electron chi connectivity index (χ1n) is 10.8. The van der Waals surface area contributed by atoms with Gasteiger partial charge in [0, 0.05) is 18.0 Å². The molecule has 1 atom stereocenters. The Bertz CT molecular complexity index is 1550. The maximum absolute atomic E-state index is 14.1. The Labute approximate surface area is 214 Å². The average molecular weight is 524 g/mol. The molecule has 0 spiro atoms. The number of aliphatic hydroxyl groups is 1. The number of rotatable bonds is 4. The van der Waals surface area contributed by atoms with E-state index in [1.54, 1.807) is 38.3 Å². The molecule has 0 bridgehead atoms. The summed E-state index contributed by atoms with van der Waals surface area (Å²) in [5, 5.41) is 11.5. The van der Waals surface area contributed by atoms with E-state index in [0.29, 0.717) is 32.7 Å². The van der Waals surface area contributed by atoms with Crippen LogP contribution >= 0.6 is 22.9 Å². The van der Waals surface area contributed by atoms with Gasteiger partial charge < -0.3 is 9.84 Å². The van der Waals surface area contributed by atoms with Crippen LogP contribution in [0.3, 0.4) is 0 Å². The van der Waals surface area contributed by atoms with Crippen molar-refractivity contribution in [1.82, 2.24) is 9.97 Å². The standard InChI is InChI=1S/C26H19ClFN3O4S/c1-12-9-19(35-3)13(2)8-15(12)23(32)21-22(14-4-6-29-7-5-14)31(25(34)24(21)33)26-30-18-10-16(27)17(28)11-20(18)36-26/h4-11,22,32H,1-3H3/b23-21+. The third-order valence-electron chi connectivity index (χ3n) is 6.09. The molecule has 0 saturated carbocycles. The third kappa shape index (κ3) is 3.81. The van der Waals surface area contributed by atoms with Crippen LogP contribution in [0.25, 0.3) is 16.0 Å². The first-order chi connectivity index (χ1) is 17.2. The van der Waals surface area contributed by atoms with Crippen LogP contribution in [0.2, 0.25) is 5.02 Å². The lowest BCUT2D eigenvalue weighted by Gasteiger charge is -2.23. The van der Waals surface area contributed by atoms with Crippen molar-refractivity contribution in [2.75, 3.05) is 12.0 Å². The molecule has 1 aliphatic heterocycles. The summed E-state index contributed by atoms with van der Waals surface area (Å²) in [4.78, 5) is 36.5. The number of hydrogen-bond donors (Lipinski definition) is 1. The van der Waals surface area contributed by atoms with Gasteiger partial charge in [0.1, 0.15) is 17.3 Å². The van der Waals surface area contributed by atoms with Gasteiger partial charge in [-0.2, -0.15) is 0 Å². The number of methoxy groups -OCH3 is 1. The zero-order valence-electron chi connectivity index (χ0n) is 19.4. The van der Waals surface area contributed by atoms with Crippen LogP contribution in [0.15, 0.2) is 54.4 Å². The maximum atomic E-state index is 14.1. The summed E-state index contributed by atoms with van der Waals surface area (Å²) in [6, 6.07) is 8.42. The number of pyridine rings is 1. The first-order valence-corrected chi connectivity index (χ1v) is 12.0. The molecule has 4 aromatic rings. The van der Waals surface area contributed by atoms with Crippen molar-refractivity contribution < 1.29 is 23.8 Å². The molecule has 36 heavy (non-hydrogen) atoms. The molecule has 10 heteroatoms. The van der Waals surface area contributed by atoms with E-state index in [2.05, 4.69) is 9.97 Å². The molecule has 0 aliphatic carbocycles. The lowest BCUT2D eigenvalue weighted by atomic mass is 9.93. The molecular formula is C26H19ClFN3O4S. The molecular weight excluding hydrogens is 505 g/mol. The molecule has 1 amide bonds. The number of aliphatic hydroxyl groups excluding tert-OH is 1. The Kier molecular flexibility index (Phi) is 5.97. The number of ether oxygens (including phenoxy) is 1. The topological polar surface area (TPSA) is 92.6 Å². The van der Waals surface area contributed by atoms with Crippen molar-refractivity contribution in [3.63, 3.8) is 0 Å². The third-order valence-corrected chi connectivity index (χ3v) is 7.40. The molecule has 182 valence electrons. The number of thiazole rings is 1. The van der Waals surface area contributed by atoms with Crippen molar-refractivity contribution in [2.24, 2.45) is 0 Å². The smallest absolute Gasteiger partial charge is 0.301 e. The highest BCUT2D eigenvalue weighted by Crippen LogP contribution is 2.45. The molecule has 5 rings (SSSR count). The number of aryl methyl sites for hydroxylation is 2. The van der Waals surface area contributed by atoms with Crippen LogP contribution in [0, 0.1) is 19.7 Å². The van der Waals surface area contributed by atoms with E-state index < -0.39 is 23.5 Å². The first kappa shape index (κ1) is 23.9. The highest BCUT2D eigenvalue weighted by molar-refractivity contribution is 7.22. The lowest BCUT2D eigenvalue weighted by molar-refractivity contribution is -0.132. The van der Waals surface area contributed by atoms with E-state index in [4.69, 9.17) is 16.3 Å². The molecule has 3 heterocycles. The average Bonchev–Trinajstić information content (AvgIpc) is 3.38. The zero-order valence-corrected chi connectivity index (χ0v) is 20.9. The highest BCUT2D eigenvalue weighted by Gasteiger charge is 2.48. The van der Waals surface area contributed by atoms with Gasteiger partial charge in [0.2, 0.25) is 0 Å². The quantitative estimate of drug-likeness (QED) is 0.208. The lowest BCUT2D eigenvalue weighted by Crippen LogP contribution is -2.29. The zero-order chi connectivity index (χ0) is 25.7. The van der Waals surface area contributed by atoms with E-state index in [1.165, 1.54) is 29.4 Å². The molecule has 7 nitrogen and oxygen atoms in total. The number of halogens is 2. The second-order valence-corrected chi connectivity index (χ2v) is 9.73. The largest absolute Gasteiger partial charge is 0.507 e. The van der Waals surface area contributed by atoms with Gasteiger partial charge in [0.15, 0.2) is 5.13 Å². The second-order valence-electron chi connectivity index (χ2n) is 8.32. The van der Waals surface area contributed by atoms with Crippen LogP contribution in [0.5, 0.6) is 5.75 Å². The number of ketones is 1. The molecule has 2 aromatic carbocycles. The predicted molar refractivity (Wildman–Crippen MR) is 136 cm³/mol. The summed E-state index contributed by atoms with van der Waals surface area (Å²) >= 11 is 6.96. The number of carbonyl (C=O) groups is 2. The Hall–Kier alpha value is -3.82. The fourth-order valence-corrected chi connectivity index (χ4v) is 5.47. The number of carbonyl (C=O) groups excluding carboxylic acids is 2. The Morgan fingerprint density at radius 3 is 2.56 bits per heavy atom. The van der Waals surface area contributed by atoms with Gasteiger partial charge in [-0.25, -0.2) is 9.37 Å². The van der Waals surface area contributed by atoms with Gasteiger partial charge in [-0.15, -0.1) is 0 Å². The number of Topliss-reactive ketones (excluding diaryl/α,β-unsaturated/α-hetero) is 1. The number of benzene rings is 2. The summed E-state index contributed by atoms with van der Waals surface area (Å²) < 4.78 is 19.9. The SMILES string of the molecule is COc1cc(C)c(/C(O)=C2\C(=O)C(=O)N(c3nc4cc(Cl)c(F)cc4s3)C2c2ccncc2)cc1C. The van der Waals surface area contributed by atoms with Crippen molar-refractivity contribution >= 4 is 55.7 Å². The van der Waals surface area contributed by atoms with Gasteiger partial charge in [0.05, 0.1) is 34.0 Å². The molecule has 1 N–H and O–H groups in total.